The van der Waals surface area contributed by atoms with Crippen LogP contribution in [0.25, 0.3) is 0 Å². The highest BCUT2D eigenvalue weighted by Crippen LogP contribution is 2.38. The largest absolute Gasteiger partial charge is 0.493 e. The Morgan fingerprint density at radius 2 is 2.29 bits per heavy atom. The van der Waals surface area contributed by atoms with Crippen LogP contribution in [0, 0.1) is 0 Å². The lowest BCUT2D eigenvalue weighted by Crippen LogP contribution is -2.07. The zero-order chi connectivity index (χ0) is 14.1. The van der Waals surface area contributed by atoms with E-state index < -0.39 is 0 Å². The fourth-order valence-electron chi connectivity index (χ4n) is 2.98. The first-order valence-electron chi connectivity index (χ1n) is 7.13. The van der Waals surface area contributed by atoms with Gasteiger partial charge in [-0.05, 0) is 11.6 Å². The molecule has 2 N–H and O–H groups in total. The average Bonchev–Trinajstić information content (AvgIpc) is 3.24. The Bertz CT molecular complexity index is 719. The normalized spacial score (nSPS) is 14.7. The van der Waals surface area contributed by atoms with Crippen molar-refractivity contribution in [1.29, 1.82) is 0 Å². The number of hydrogen-bond acceptors (Lipinski definition) is 3. The molecule has 3 heterocycles. The van der Waals surface area contributed by atoms with E-state index in [4.69, 9.17) is 4.74 Å². The number of aromatic amines is 2. The molecule has 5 heteroatoms. The number of H-pyrrole nitrogens is 2. The highest BCUT2D eigenvalue weighted by molar-refractivity contribution is 5.48. The minimum atomic E-state index is 0.181. The van der Waals surface area contributed by atoms with Gasteiger partial charge in [0.05, 0.1) is 12.9 Å². The molecule has 0 radical (unpaired) electrons. The molecule has 1 aromatic carbocycles. The van der Waals surface area contributed by atoms with Crippen molar-refractivity contribution < 1.29 is 4.74 Å². The molecule has 0 spiro atoms. The van der Waals surface area contributed by atoms with Gasteiger partial charge in [-0.15, -0.1) is 0 Å². The Hall–Kier alpha value is -2.56. The second kappa shape index (κ2) is 5.09. The van der Waals surface area contributed by atoms with E-state index in [9.17, 15) is 0 Å². The summed E-state index contributed by atoms with van der Waals surface area (Å²) >= 11 is 0. The summed E-state index contributed by atoms with van der Waals surface area (Å²) < 4.78 is 5.87. The topological polar surface area (TPSA) is 66.6 Å². The number of nitrogens with one attached hydrogen (secondary N) is 2. The Morgan fingerprint density at radius 3 is 3.10 bits per heavy atom. The van der Waals surface area contributed by atoms with E-state index in [0.29, 0.717) is 0 Å². The van der Waals surface area contributed by atoms with Gasteiger partial charge in [-0.1, -0.05) is 18.2 Å². The summed E-state index contributed by atoms with van der Waals surface area (Å²) in [6, 6.07) is 8.41. The van der Waals surface area contributed by atoms with E-state index >= 15 is 0 Å². The van der Waals surface area contributed by atoms with Gasteiger partial charge in [0.2, 0.25) is 0 Å². The van der Waals surface area contributed by atoms with Crippen LogP contribution in [0.3, 0.4) is 0 Å². The number of fused-ring (bicyclic) bond motifs is 1. The molecular weight excluding hydrogens is 264 g/mol. The van der Waals surface area contributed by atoms with Crippen LogP contribution >= 0.6 is 0 Å². The van der Waals surface area contributed by atoms with Gasteiger partial charge in [0, 0.05) is 48.1 Å². The molecule has 0 fully saturated rings. The first-order valence-corrected chi connectivity index (χ1v) is 7.13. The number of ether oxygens (including phenoxy) is 1. The molecule has 5 nitrogen and oxygen atoms in total. The van der Waals surface area contributed by atoms with Crippen molar-refractivity contribution in [2.45, 2.75) is 18.8 Å². The van der Waals surface area contributed by atoms with Crippen LogP contribution in [-0.2, 0) is 12.8 Å². The number of nitrogens with zero attached hydrogens (tertiary/aromatic N) is 2. The van der Waals surface area contributed by atoms with Crippen molar-refractivity contribution in [3.8, 4) is 5.75 Å². The molecule has 1 aliphatic rings. The fourth-order valence-corrected chi connectivity index (χ4v) is 2.98. The summed E-state index contributed by atoms with van der Waals surface area (Å²) in [6.07, 6.45) is 7.21. The van der Waals surface area contributed by atoms with Crippen molar-refractivity contribution in [1.82, 2.24) is 20.2 Å². The van der Waals surface area contributed by atoms with Crippen molar-refractivity contribution in [2.75, 3.05) is 6.61 Å². The predicted octanol–water partition coefficient (Wildman–Crippen LogP) is 2.44. The van der Waals surface area contributed by atoms with Crippen molar-refractivity contribution in [3.05, 3.63) is 65.5 Å². The quantitative estimate of drug-likeness (QED) is 0.771. The first-order chi connectivity index (χ1) is 10.4. The molecule has 0 unspecified atom stereocenters. The zero-order valence-electron chi connectivity index (χ0n) is 11.5. The SMILES string of the molecule is c1cc2c(c([C@@H](Cc3ccn[nH]3)c3cnc[nH]3)c1)OCC2. The molecule has 1 atom stereocenters. The van der Waals surface area contributed by atoms with Crippen LogP contribution in [-0.4, -0.2) is 26.8 Å². The van der Waals surface area contributed by atoms with Gasteiger partial charge in [0.15, 0.2) is 0 Å². The molecule has 0 saturated heterocycles. The van der Waals surface area contributed by atoms with Crippen LogP contribution in [0.4, 0.5) is 0 Å². The molecule has 3 aromatic rings. The summed E-state index contributed by atoms with van der Waals surface area (Å²) in [5.74, 6) is 1.22. The monoisotopic (exact) mass is 280 g/mol. The van der Waals surface area contributed by atoms with Crippen LogP contribution in [0.1, 0.15) is 28.4 Å². The number of rotatable bonds is 4. The number of aromatic nitrogens is 4. The average molecular weight is 280 g/mol. The molecule has 1 aliphatic heterocycles. The Kier molecular flexibility index (Phi) is 2.96. The van der Waals surface area contributed by atoms with Gasteiger partial charge in [0.25, 0.3) is 0 Å². The van der Waals surface area contributed by atoms with Gasteiger partial charge in [0.1, 0.15) is 5.75 Å². The van der Waals surface area contributed by atoms with E-state index in [2.05, 4.69) is 38.4 Å². The van der Waals surface area contributed by atoms with Crippen LogP contribution < -0.4 is 4.74 Å². The third kappa shape index (κ3) is 2.20. The molecule has 0 bridgehead atoms. The maximum absolute atomic E-state index is 5.87. The lowest BCUT2D eigenvalue weighted by molar-refractivity contribution is 0.352. The van der Waals surface area contributed by atoms with Crippen molar-refractivity contribution in [2.24, 2.45) is 0 Å². The standard InChI is InChI=1S/C16H16N4O/c1-2-11-5-7-21-16(11)13(3-1)14(15-9-17-10-18-15)8-12-4-6-19-20-12/h1-4,6,9-10,14H,5,7-8H2,(H,17,18)(H,19,20)/t14-/m1/s1. The van der Waals surface area contributed by atoms with Crippen molar-refractivity contribution in [3.63, 3.8) is 0 Å². The molecule has 0 amide bonds. The molecular formula is C16H16N4O. The molecule has 0 saturated carbocycles. The number of hydrogen-bond donors (Lipinski definition) is 2. The zero-order valence-corrected chi connectivity index (χ0v) is 11.5. The van der Waals surface area contributed by atoms with Crippen LogP contribution in [0.15, 0.2) is 43.0 Å². The number of para-hydroxylation sites is 1. The second-order valence-electron chi connectivity index (χ2n) is 5.28. The van der Waals surface area contributed by atoms with E-state index in [-0.39, 0.29) is 5.92 Å². The molecule has 4 rings (SSSR count). The van der Waals surface area contributed by atoms with Crippen LogP contribution in [0.2, 0.25) is 0 Å². The second-order valence-corrected chi connectivity index (χ2v) is 5.28. The van der Waals surface area contributed by atoms with Gasteiger partial charge in [-0.25, -0.2) is 4.98 Å². The molecule has 0 aliphatic carbocycles. The molecule has 106 valence electrons. The van der Waals surface area contributed by atoms with Crippen molar-refractivity contribution >= 4 is 0 Å². The van der Waals surface area contributed by atoms with E-state index in [1.54, 1.807) is 12.5 Å². The third-order valence-electron chi connectivity index (χ3n) is 4.00. The van der Waals surface area contributed by atoms with Crippen LogP contribution in [0.5, 0.6) is 5.75 Å². The fraction of sp³-hybridized carbons (Fsp3) is 0.250. The van der Waals surface area contributed by atoms with Gasteiger partial charge in [-0.2, -0.15) is 5.10 Å². The number of imidazole rings is 1. The smallest absolute Gasteiger partial charge is 0.126 e. The number of benzene rings is 1. The third-order valence-corrected chi connectivity index (χ3v) is 4.00. The maximum atomic E-state index is 5.87. The minimum Gasteiger partial charge on any atom is -0.493 e. The van der Waals surface area contributed by atoms with E-state index in [0.717, 1.165) is 36.6 Å². The van der Waals surface area contributed by atoms with E-state index in [1.807, 2.05) is 12.3 Å². The lowest BCUT2D eigenvalue weighted by atomic mass is 9.89. The highest BCUT2D eigenvalue weighted by atomic mass is 16.5. The van der Waals surface area contributed by atoms with Gasteiger partial charge in [-0.3, -0.25) is 5.10 Å². The van der Waals surface area contributed by atoms with E-state index in [1.165, 1.54) is 11.1 Å². The highest BCUT2D eigenvalue weighted by Gasteiger charge is 2.24. The Balaban J connectivity index is 1.78. The molecule has 21 heavy (non-hydrogen) atoms. The Labute approximate surface area is 122 Å². The van der Waals surface area contributed by atoms with Gasteiger partial charge < -0.3 is 9.72 Å². The summed E-state index contributed by atoms with van der Waals surface area (Å²) in [7, 11) is 0. The summed E-state index contributed by atoms with van der Waals surface area (Å²) in [6.45, 7) is 0.770. The first kappa shape index (κ1) is 12.2. The summed E-state index contributed by atoms with van der Waals surface area (Å²) in [5.41, 5.74) is 4.70. The van der Waals surface area contributed by atoms with Gasteiger partial charge >= 0.3 is 0 Å². The predicted molar refractivity (Wildman–Crippen MR) is 78.4 cm³/mol. The maximum Gasteiger partial charge on any atom is 0.126 e. The summed E-state index contributed by atoms with van der Waals surface area (Å²) in [4.78, 5) is 7.41. The summed E-state index contributed by atoms with van der Waals surface area (Å²) in [5, 5.41) is 7.08. The Morgan fingerprint density at radius 1 is 1.29 bits per heavy atom. The lowest BCUT2D eigenvalue weighted by Gasteiger charge is -2.18. The molecule has 2 aromatic heterocycles. The minimum absolute atomic E-state index is 0.181.